The van der Waals surface area contributed by atoms with Gasteiger partial charge in [0.25, 0.3) is 5.91 Å². The summed E-state index contributed by atoms with van der Waals surface area (Å²) in [5, 5.41) is 2.98. The molecule has 0 saturated heterocycles. The molecule has 0 aromatic carbocycles. The zero-order valence-corrected chi connectivity index (χ0v) is 15.5. The standard InChI is InChI=1S/C18H19NO6S/c1-4-23-18(22)16-11(2)12(3)26-17(16)19-14(20)10-25-15(21)8-7-13-6-5-9-24-13/h5-9H,4,10H2,1-3H3,(H,19,20)/b8-7+. The van der Waals surface area contributed by atoms with Gasteiger partial charge in [-0.1, -0.05) is 0 Å². The number of esters is 2. The van der Waals surface area contributed by atoms with Gasteiger partial charge in [-0.05, 0) is 44.5 Å². The van der Waals surface area contributed by atoms with Crippen LogP contribution in [-0.4, -0.2) is 31.1 Å². The number of hydrogen-bond donors (Lipinski definition) is 1. The molecule has 0 bridgehead atoms. The minimum Gasteiger partial charge on any atom is -0.465 e. The van der Waals surface area contributed by atoms with Crippen molar-refractivity contribution in [1.82, 2.24) is 0 Å². The molecule has 26 heavy (non-hydrogen) atoms. The van der Waals surface area contributed by atoms with Gasteiger partial charge in [0, 0.05) is 11.0 Å². The zero-order valence-electron chi connectivity index (χ0n) is 14.7. The molecule has 0 unspecified atom stereocenters. The Morgan fingerprint density at radius 2 is 2.04 bits per heavy atom. The van der Waals surface area contributed by atoms with E-state index in [1.807, 2.05) is 6.92 Å². The fraction of sp³-hybridized carbons (Fsp3) is 0.278. The van der Waals surface area contributed by atoms with Gasteiger partial charge in [-0.25, -0.2) is 9.59 Å². The first-order valence-electron chi connectivity index (χ1n) is 7.87. The lowest BCUT2D eigenvalue weighted by atomic mass is 10.1. The van der Waals surface area contributed by atoms with Gasteiger partial charge in [-0.2, -0.15) is 0 Å². The number of carbonyl (C=O) groups is 3. The number of nitrogens with one attached hydrogen (secondary N) is 1. The Labute approximate surface area is 154 Å². The molecule has 0 aliphatic heterocycles. The van der Waals surface area contributed by atoms with Crippen LogP contribution in [-0.2, 0) is 19.1 Å². The van der Waals surface area contributed by atoms with Crippen molar-refractivity contribution < 1.29 is 28.3 Å². The number of ether oxygens (including phenoxy) is 2. The number of anilines is 1. The molecule has 138 valence electrons. The van der Waals surface area contributed by atoms with Crippen LogP contribution in [0.1, 0.15) is 33.5 Å². The third kappa shape index (κ3) is 5.06. The fourth-order valence-corrected chi connectivity index (χ4v) is 3.11. The van der Waals surface area contributed by atoms with Gasteiger partial charge >= 0.3 is 11.9 Å². The Bertz CT molecular complexity index is 819. The quantitative estimate of drug-likeness (QED) is 0.587. The van der Waals surface area contributed by atoms with Crippen molar-refractivity contribution in [3.05, 3.63) is 46.2 Å². The van der Waals surface area contributed by atoms with Crippen LogP contribution in [0.2, 0.25) is 0 Å². The van der Waals surface area contributed by atoms with Crippen LogP contribution in [0, 0.1) is 13.8 Å². The molecular formula is C18H19NO6S. The van der Waals surface area contributed by atoms with Gasteiger partial charge in [0.05, 0.1) is 18.4 Å². The first-order valence-corrected chi connectivity index (χ1v) is 8.69. The maximum atomic E-state index is 12.1. The third-order valence-electron chi connectivity index (χ3n) is 3.39. The average Bonchev–Trinajstić information content (AvgIpc) is 3.20. The molecular weight excluding hydrogens is 358 g/mol. The molecule has 8 heteroatoms. The van der Waals surface area contributed by atoms with E-state index in [1.165, 1.54) is 23.7 Å². The topological polar surface area (TPSA) is 94.8 Å². The SMILES string of the molecule is CCOC(=O)c1c(NC(=O)COC(=O)/C=C/c2ccco2)sc(C)c1C. The number of carbonyl (C=O) groups excluding carboxylic acids is 3. The van der Waals surface area contributed by atoms with Crippen molar-refractivity contribution in [3.8, 4) is 0 Å². The molecule has 0 aliphatic rings. The Balaban J connectivity index is 1.94. The van der Waals surface area contributed by atoms with E-state index < -0.39 is 24.5 Å². The smallest absolute Gasteiger partial charge is 0.341 e. The van der Waals surface area contributed by atoms with Crippen molar-refractivity contribution >= 4 is 40.3 Å². The van der Waals surface area contributed by atoms with Crippen LogP contribution in [0.15, 0.2) is 28.9 Å². The second-order valence-electron chi connectivity index (χ2n) is 5.21. The number of furan rings is 1. The minimum absolute atomic E-state index is 0.236. The Morgan fingerprint density at radius 1 is 1.27 bits per heavy atom. The second-order valence-corrected chi connectivity index (χ2v) is 6.44. The molecule has 0 aliphatic carbocycles. The number of aryl methyl sites for hydroxylation is 1. The van der Waals surface area contributed by atoms with Gasteiger partial charge in [-0.3, -0.25) is 4.79 Å². The molecule has 2 rings (SSSR count). The van der Waals surface area contributed by atoms with Crippen LogP contribution >= 0.6 is 11.3 Å². The van der Waals surface area contributed by atoms with E-state index in [0.29, 0.717) is 16.3 Å². The van der Waals surface area contributed by atoms with E-state index in [2.05, 4.69) is 5.32 Å². The molecule has 0 fully saturated rings. The number of hydrogen-bond acceptors (Lipinski definition) is 7. The first-order chi connectivity index (χ1) is 12.4. The van der Waals surface area contributed by atoms with Gasteiger partial charge in [0.1, 0.15) is 10.8 Å². The highest BCUT2D eigenvalue weighted by atomic mass is 32.1. The normalized spacial score (nSPS) is 10.7. The first kappa shape index (κ1) is 19.5. The lowest BCUT2D eigenvalue weighted by Crippen LogP contribution is -2.21. The molecule has 1 amide bonds. The maximum Gasteiger partial charge on any atom is 0.341 e. The largest absolute Gasteiger partial charge is 0.465 e. The zero-order chi connectivity index (χ0) is 19.1. The predicted octanol–water partition coefficient (Wildman–Crippen LogP) is 3.33. The number of thiophene rings is 1. The van der Waals surface area contributed by atoms with Crippen molar-refractivity contribution in [2.24, 2.45) is 0 Å². The Kier molecular flexibility index (Phi) is 6.74. The Hall–Kier alpha value is -2.87. The van der Waals surface area contributed by atoms with E-state index >= 15 is 0 Å². The van der Waals surface area contributed by atoms with Crippen LogP contribution in [0.5, 0.6) is 0 Å². The molecule has 0 spiro atoms. The molecule has 0 radical (unpaired) electrons. The number of amides is 1. The second kappa shape index (κ2) is 9.00. The molecule has 7 nitrogen and oxygen atoms in total. The van der Waals surface area contributed by atoms with Gasteiger partial charge in [0.15, 0.2) is 6.61 Å². The maximum absolute atomic E-state index is 12.1. The van der Waals surface area contributed by atoms with Crippen molar-refractivity contribution in [2.75, 3.05) is 18.5 Å². The third-order valence-corrected chi connectivity index (χ3v) is 4.51. The van der Waals surface area contributed by atoms with E-state index in [-0.39, 0.29) is 6.61 Å². The van der Waals surface area contributed by atoms with Gasteiger partial charge in [0.2, 0.25) is 0 Å². The van der Waals surface area contributed by atoms with E-state index in [4.69, 9.17) is 13.9 Å². The van der Waals surface area contributed by atoms with E-state index in [0.717, 1.165) is 16.5 Å². The van der Waals surface area contributed by atoms with Gasteiger partial charge in [-0.15, -0.1) is 11.3 Å². The molecule has 2 heterocycles. The molecule has 2 aromatic heterocycles. The lowest BCUT2D eigenvalue weighted by molar-refractivity contribution is -0.142. The Morgan fingerprint density at radius 3 is 2.69 bits per heavy atom. The average molecular weight is 377 g/mol. The summed E-state index contributed by atoms with van der Waals surface area (Å²) in [6, 6.07) is 3.36. The highest BCUT2D eigenvalue weighted by molar-refractivity contribution is 7.16. The fourth-order valence-electron chi connectivity index (χ4n) is 2.05. The molecule has 0 saturated carbocycles. The molecule has 2 aromatic rings. The van der Waals surface area contributed by atoms with Crippen molar-refractivity contribution in [1.29, 1.82) is 0 Å². The summed E-state index contributed by atoms with van der Waals surface area (Å²) in [5.74, 6) is -1.23. The molecule has 0 atom stereocenters. The van der Waals surface area contributed by atoms with Gasteiger partial charge < -0.3 is 19.2 Å². The summed E-state index contributed by atoms with van der Waals surface area (Å²) in [6.45, 7) is 5.10. The summed E-state index contributed by atoms with van der Waals surface area (Å²) in [6.07, 6.45) is 4.07. The summed E-state index contributed by atoms with van der Waals surface area (Å²) in [4.78, 5) is 36.6. The van der Waals surface area contributed by atoms with Crippen LogP contribution in [0.3, 0.4) is 0 Å². The lowest BCUT2D eigenvalue weighted by Gasteiger charge is -2.07. The predicted molar refractivity (Wildman–Crippen MR) is 97.1 cm³/mol. The van der Waals surface area contributed by atoms with Crippen LogP contribution < -0.4 is 5.32 Å². The van der Waals surface area contributed by atoms with Crippen LogP contribution in [0.25, 0.3) is 6.08 Å². The molecule has 1 N–H and O–H groups in total. The van der Waals surface area contributed by atoms with Crippen molar-refractivity contribution in [3.63, 3.8) is 0 Å². The summed E-state index contributed by atoms with van der Waals surface area (Å²) in [7, 11) is 0. The number of rotatable bonds is 7. The van der Waals surface area contributed by atoms with Crippen LogP contribution in [0.4, 0.5) is 5.00 Å². The van der Waals surface area contributed by atoms with E-state index in [9.17, 15) is 14.4 Å². The summed E-state index contributed by atoms with van der Waals surface area (Å²) >= 11 is 1.27. The van der Waals surface area contributed by atoms with E-state index in [1.54, 1.807) is 26.0 Å². The summed E-state index contributed by atoms with van der Waals surface area (Å²) < 4.78 is 14.9. The highest BCUT2D eigenvalue weighted by Crippen LogP contribution is 2.32. The van der Waals surface area contributed by atoms with Crippen molar-refractivity contribution in [2.45, 2.75) is 20.8 Å². The minimum atomic E-state index is -0.680. The summed E-state index contributed by atoms with van der Waals surface area (Å²) in [5.41, 5.74) is 1.08. The monoisotopic (exact) mass is 377 g/mol. The highest BCUT2D eigenvalue weighted by Gasteiger charge is 2.22.